The maximum absolute atomic E-state index is 13.0. The molecule has 0 N–H and O–H groups in total. The van der Waals surface area contributed by atoms with Crippen molar-refractivity contribution >= 4 is 11.8 Å². The minimum Gasteiger partial charge on any atom is -0.497 e. The number of piperidine rings is 1. The van der Waals surface area contributed by atoms with Crippen LogP contribution in [0.4, 0.5) is 0 Å². The third-order valence-corrected chi connectivity index (χ3v) is 6.49. The summed E-state index contributed by atoms with van der Waals surface area (Å²) >= 11 is 0. The second-order valence-corrected chi connectivity index (χ2v) is 8.76. The fourth-order valence-corrected chi connectivity index (χ4v) is 4.81. The van der Waals surface area contributed by atoms with Crippen LogP contribution in [0, 0.1) is 5.92 Å². The van der Waals surface area contributed by atoms with Crippen molar-refractivity contribution in [2.75, 3.05) is 46.4 Å². The van der Waals surface area contributed by atoms with Crippen LogP contribution in [0.3, 0.4) is 0 Å². The molecule has 7 nitrogen and oxygen atoms in total. The summed E-state index contributed by atoms with van der Waals surface area (Å²) in [5, 5.41) is 0. The third-order valence-electron chi connectivity index (χ3n) is 6.49. The highest BCUT2D eigenvalue weighted by Crippen LogP contribution is 2.29. The molecular weight excluding hydrogens is 382 g/mol. The molecule has 2 amide bonds. The van der Waals surface area contributed by atoms with Crippen molar-refractivity contribution in [3.8, 4) is 11.5 Å². The minimum atomic E-state index is -0.00465. The Labute approximate surface area is 178 Å². The normalized spacial score (nSPS) is 22.9. The Morgan fingerprint density at radius 1 is 1.10 bits per heavy atom. The first-order chi connectivity index (χ1) is 14.5. The Morgan fingerprint density at radius 2 is 1.83 bits per heavy atom. The number of fused-ring (bicyclic) bond motifs is 1. The average molecular weight is 416 g/mol. The van der Waals surface area contributed by atoms with Gasteiger partial charge in [0.15, 0.2) is 0 Å². The second kappa shape index (κ2) is 9.25. The van der Waals surface area contributed by atoms with E-state index in [-0.39, 0.29) is 17.9 Å². The molecule has 2 fully saturated rings. The predicted molar refractivity (Wildman–Crippen MR) is 113 cm³/mol. The van der Waals surface area contributed by atoms with E-state index in [4.69, 9.17) is 9.47 Å². The number of rotatable bonds is 4. The number of hydrogen-bond acceptors (Lipinski definition) is 5. The number of carbonyl (C=O) groups is 2. The van der Waals surface area contributed by atoms with Crippen LogP contribution in [0.2, 0.25) is 0 Å². The maximum atomic E-state index is 13.0. The molecule has 164 valence electrons. The molecule has 0 bridgehead atoms. The molecule has 7 heteroatoms. The van der Waals surface area contributed by atoms with E-state index < -0.39 is 0 Å². The largest absolute Gasteiger partial charge is 0.497 e. The molecule has 1 aromatic carbocycles. The van der Waals surface area contributed by atoms with Gasteiger partial charge < -0.3 is 19.3 Å². The fraction of sp³-hybridized carbons (Fsp3) is 0.652. The van der Waals surface area contributed by atoms with E-state index in [2.05, 4.69) is 4.90 Å². The third kappa shape index (κ3) is 4.72. The molecule has 3 aliphatic rings. The monoisotopic (exact) mass is 415 g/mol. The van der Waals surface area contributed by atoms with Gasteiger partial charge in [-0.3, -0.25) is 14.5 Å². The van der Waals surface area contributed by atoms with Gasteiger partial charge in [-0.2, -0.15) is 0 Å². The van der Waals surface area contributed by atoms with Crippen molar-refractivity contribution < 1.29 is 19.1 Å². The van der Waals surface area contributed by atoms with E-state index in [9.17, 15) is 9.59 Å². The molecule has 3 heterocycles. The van der Waals surface area contributed by atoms with Gasteiger partial charge in [0, 0.05) is 56.8 Å². The quantitative estimate of drug-likeness (QED) is 0.754. The molecule has 0 aromatic heterocycles. The SMILES string of the molecule is COc1ccc2c(c1)O[C@@H](C)CN(CC(=O)N1CCC(C(=O)N3CCCC3)CC1)C2. The number of carbonyl (C=O) groups excluding carboxylic acids is 2. The number of amides is 2. The Morgan fingerprint density at radius 3 is 2.53 bits per heavy atom. The lowest BCUT2D eigenvalue weighted by molar-refractivity contribution is -0.140. The van der Waals surface area contributed by atoms with E-state index in [1.54, 1.807) is 7.11 Å². The van der Waals surface area contributed by atoms with Crippen LogP contribution < -0.4 is 9.47 Å². The summed E-state index contributed by atoms with van der Waals surface area (Å²) in [5.74, 6) is 2.13. The van der Waals surface area contributed by atoms with Crippen molar-refractivity contribution in [3.63, 3.8) is 0 Å². The molecule has 2 saturated heterocycles. The number of ether oxygens (including phenoxy) is 2. The molecule has 1 aromatic rings. The zero-order chi connectivity index (χ0) is 21.1. The van der Waals surface area contributed by atoms with Crippen LogP contribution in [0.15, 0.2) is 18.2 Å². The van der Waals surface area contributed by atoms with Gasteiger partial charge in [0.05, 0.1) is 13.7 Å². The van der Waals surface area contributed by atoms with Crippen molar-refractivity contribution in [1.82, 2.24) is 14.7 Å². The Bertz CT molecular complexity index is 770. The topological polar surface area (TPSA) is 62.3 Å². The summed E-state index contributed by atoms with van der Waals surface area (Å²) in [7, 11) is 1.65. The van der Waals surface area contributed by atoms with Crippen molar-refractivity contribution in [3.05, 3.63) is 23.8 Å². The predicted octanol–water partition coefficient (Wildman–Crippen LogP) is 2.14. The van der Waals surface area contributed by atoms with E-state index in [0.29, 0.717) is 38.6 Å². The van der Waals surface area contributed by atoms with Gasteiger partial charge in [-0.1, -0.05) is 6.07 Å². The molecule has 0 saturated carbocycles. The number of methoxy groups -OCH3 is 1. The van der Waals surface area contributed by atoms with Crippen molar-refractivity contribution in [2.24, 2.45) is 5.92 Å². The molecular formula is C23H33N3O4. The Hall–Kier alpha value is -2.28. The summed E-state index contributed by atoms with van der Waals surface area (Å²) in [6.07, 6.45) is 3.80. The number of benzene rings is 1. The highest BCUT2D eigenvalue weighted by molar-refractivity contribution is 5.81. The summed E-state index contributed by atoms with van der Waals surface area (Å²) in [6, 6.07) is 5.86. The van der Waals surface area contributed by atoms with Gasteiger partial charge in [0.25, 0.3) is 0 Å². The van der Waals surface area contributed by atoms with Crippen molar-refractivity contribution in [1.29, 1.82) is 0 Å². The van der Waals surface area contributed by atoms with Gasteiger partial charge in [0.1, 0.15) is 17.6 Å². The lowest BCUT2D eigenvalue weighted by Crippen LogP contribution is -2.47. The molecule has 0 radical (unpaired) electrons. The number of hydrogen-bond donors (Lipinski definition) is 0. The summed E-state index contributed by atoms with van der Waals surface area (Å²) in [4.78, 5) is 31.7. The summed E-state index contributed by atoms with van der Waals surface area (Å²) in [6.45, 7) is 6.95. The number of likely N-dealkylation sites (tertiary alicyclic amines) is 2. The minimum absolute atomic E-state index is 0.00465. The molecule has 3 aliphatic heterocycles. The first-order valence-corrected chi connectivity index (χ1v) is 11.2. The second-order valence-electron chi connectivity index (χ2n) is 8.76. The zero-order valence-corrected chi connectivity index (χ0v) is 18.1. The van der Waals surface area contributed by atoms with Gasteiger partial charge >= 0.3 is 0 Å². The lowest BCUT2D eigenvalue weighted by Gasteiger charge is -2.34. The Kier molecular flexibility index (Phi) is 6.46. The molecule has 4 rings (SSSR count). The lowest BCUT2D eigenvalue weighted by atomic mass is 9.95. The fourth-order valence-electron chi connectivity index (χ4n) is 4.81. The highest BCUT2D eigenvalue weighted by atomic mass is 16.5. The van der Waals surface area contributed by atoms with Crippen LogP contribution in [0.1, 0.15) is 38.2 Å². The van der Waals surface area contributed by atoms with Crippen LogP contribution in [0.5, 0.6) is 11.5 Å². The standard InChI is InChI=1S/C23H33N3O4/c1-17-14-24(15-19-5-6-20(29-2)13-21(19)30-17)16-22(27)25-11-7-18(8-12-25)23(28)26-9-3-4-10-26/h5-6,13,17-18H,3-4,7-12,14-16H2,1-2H3/t17-/m0/s1. The van der Waals surface area contributed by atoms with Crippen LogP contribution >= 0.6 is 0 Å². The maximum Gasteiger partial charge on any atom is 0.236 e. The van der Waals surface area contributed by atoms with Gasteiger partial charge in [0.2, 0.25) is 11.8 Å². The van der Waals surface area contributed by atoms with E-state index in [0.717, 1.165) is 55.8 Å². The molecule has 0 spiro atoms. The number of nitrogens with zero attached hydrogens (tertiary/aromatic N) is 3. The van der Waals surface area contributed by atoms with Gasteiger partial charge in [-0.25, -0.2) is 0 Å². The van der Waals surface area contributed by atoms with Crippen LogP contribution in [-0.2, 0) is 16.1 Å². The molecule has 30 heavy (non-hydrogen) atoms. The summed E-state index contributed by atoms with van der Waals surface area (Å²) < 4.78 is 11.4. The average Bonchev–Trinajstić information content (AvgIpc) is 3.24. The van der Waals surface area contributed by atoms with Crippen LogP contribution in [-0.4, -0.2) is 79.0 Å². The van der Waals surface area contributed by atoms with E-state index in [1.165, 1.54) is 0 Å². The van der Waals surface area contributed by atoms with E-state index >= 15 is 0 Å². The van der Waals surface area contributed by atoms with E-state index in [1.807, 2.05) is 34.9 Å². The van der Waals surface area contributed by atoms with Gasteiger partial charge in [-0.05, 0) is 38.7 Å². The Balaban J connectivity index is 1.31. The smallest absolute Gasteiger partial charge is 0.236 e. The van der Waals surface area contributed by atoms with Crippen LogP contribution in [0.25, 0.3) is 0 Å². The highest BCUT2D eigenvalue weighted by Gasteiger charge is 2.32. The summed E-state index contributed by atoms with van der Waals surface area (Å²) in [5.41, 5.74) is 1.07. The first-order valence-electron chi connectivity index (χ1n) is 11.2. The molecule has 1 atom stereocenters. The van der Waals surface area contributed by atoms with Gasteiger partial charge in [-0.15, -0.1) is 0 Å². The molecule has 0 unspecified atom stereocenters. The first kappa shape index (κ1) is 21.0. The zero-order valence-electron chi connectivity index (χ0n) is 18.1. The molecule has 0 aliphatic carbocycles. The van der Waals surface area contributed by atoms with Crippen molar-refractivity contribution in [2.45, 2.75) is 45.3 Å².